The largest absolute Gasteiger partial charge is 0.494 e. The topological polar surface area (TPSA) is 59.8 Å². The number of hydrogen-bond donors (Lipinski definition) is 0. The van der Waals surface area contributed by atoms with E-state index in [-0.39, 0.29) is 5.56 Å². The maximum absolute atomic E-state index is 13.6. The number of hydrogen-bond acceptors (Lipinski definition) is 6. The molecule has 0 saturated heterocycles. The Labute approximate surface area is 188 Å². The van der Waals surface area contributed by atoms with Crippen LogP contribution in [0.15, 0.2) is 59.4 Å². The van der Waals surface area contributed by atoms with Gasteiger partial charge in [0.05, 0.1) is 32.2 Å². The van der Waals surface area contributed by atoms with E-state index in [9.17, 15) is 4.79 Å². The van der Waals surface area contributed by atoms with E-state index in [1.54, 1.807) is 11.7 Å². The van der Waals surface area contributed by atoms with Crippen LogP contribution in [-0.2, 0) is 17.8 Å². The molecule has 0 unspecified atom stereocenters. The summed E-state index contributed by atoms with van der Waals surface area (Å²) in [4.78, 5) is 22.8. The van der Waals surface area contributed by atoms with Gasteiger partial charge in [-0.05, 0) is 43.7 Å². The van der Waals surface area contributed by atoms with Crippen LogP contribution in [0.5, 0.6) is 5.75 Å². The van der Waals surface area contributed by atoms with Gasteiger partial charge in [-0.15, -0.1) is 0 Å². The van der Waals surface area contributed by atoms with E-state index in [4.69, 9.17) is 14.5 Å². The van der Waals surface area contributed by atoms with Crippen molar-refractivity contribution in [2.24, 2.45) is 0 Å². The first-order valence-corrected chi connectivity index (χ1v) is 11.0. The predicted octanol–water partition coefficient (Wildman–Crippen LogP) is 3.56. The van der Waals surface area contributed by atoms with Gasteiger partial charge in [0.1, 0.15) is 5.75 Å². The van der Waals surface area contributed by atoms with Gasteiger partial charge >= 0.3 is 0 Å². The molecule has 0 bridgehead atoms. The van der Waals surface area contributed by atoms with Crippen LogP contribution >= 0.6 is 0 Å². The SMILES string of the molecule is CCOc1ccc(N2CN(CCOC)Cn3c2nc(C)c(Cc2ccccc2)c3=O)cc1. The number of ether oxygens (including phenoxy) is 2. The molecule has 1 aliphatic rings. The van der Waals surface area contributed by atoms with E-state index < -0.39 is 0 Å². The van der Waals surface area contributed by atoms with Crippen LogP contribution in [0.4, 0.5) is 11.6 Å². The Kier molecular flexibility index (Phi) is 6.87. The molecule has 0 N–H and O–H groups in total. The van der Waals surface area contributed by atoms with E-state index in [2.05, 4.69) is 9.80 Å². The van der Waals surface area contributed by atoms with Crippen LogP contribution < -0.4 is 15.2 Å². The first-order valence-electron chi connectivity index (χ1n) is 11.0. The van der Waals surface area contributed by atoms with Crippen molar-refractivity contribution in [2.75, 3.05) is 38.4 Å². The fourth-order valence-corrected chi connectivity index (χ4v) is 3.98. The van der Waals surface area contributed by atoms with Crippen LogP contribution in [0, 0.1) is 6.92 Å². The predicted molar refractivity (Wildman–Crippen MR) is 126 cm³/mol. The molecule has 2 heterocycles. The second-order valence-electron chi connectivity index (χ2n) is 7.90. The number of nitrogens with zero attached hydrogens (tertiary/aromatic N) is 4. The van der Waals surface area contributed by atoms with E-state index >= 15 is 0 Å². The van der Waals surface area contributed by atoms with Crippen LogP contribution in [0.25, 0.3) is 0 Å². The molecule has 0 atom stereocenters. The number of fused-ring (bicyclic) bond motifs is 1. The third kappa shape index (κ3) is 4.69. The molecule has 3 aromatic rings. The van der Waals surface area contributed by atoms with Crippen molar-refractivity contribution in [3.63, 3.8) is 0 Å². The standard InChI is InChI=1S/C25H30N4O3/c1-4-32-22-12-10-21(11-13-22)28-17-27(14-15-31-3)18-29-24(30)23(19(2)26-25(28)29)16-20-8-6-5-7-9-20/h5-13H,4,14-18H2,1-3H3. The van der Waals surface area contributed by atoms with Crippen molar-refractivity contribution in [3.8, 4) is 5.75 Å². The summed E-state index contributed by atoms with van der Waals surface area (Å²) in [6, 6.07) is 18.0. The molecule has 0 radical (unpaired) electrons. The Morgan fingerprint density at radius 1 is 1.03 bits per heavy atom. The van der Waals surface area contributed by atoms with E-state index in [1.165, 1.54) is 0 Å². The van der Waals surface area contributed by atoms with Gasteiger partial charge in [0, 0.05) is 31.3 Å². The first kappa shape index (κ1) is 22.0. The molecule has 2 aromatic carbocycles. The third-order valence-corrected chi connectivity index (χ3v) is 5.67. The van der Waals surface area contributed by atoms with Crippen LogP contribution in [0.3, 0.4) is 0 Å². The smallest absolute Gasteiger partial charge is 0.259 e. The molecule has 4 rings (SSSR count). The first-order chi connectivity index (χ1) is 15.6. The zero-order valence-electron chi connectivity index (χ0n) is 19.0. The monoisotopic (exact) mass is 434 g/mol. The Bertz CT molecular complexity index is 1100. The second-order valence-corrected chi connectivity index (χ2v) is 7.90. The molecule has 168 valence electrons. The Balaban J connectivity index is 1.74. The number of methoxy groups -OCH3 is 1. The Morgan fingerprint density at radius 2 is 1.78 bits per heavy atom. The minimum absolute atomic E-state index is 0.00871. The van der Waals surface area contributed by atoms with Gasteiger partial charge in [-0.25, -0.2) is 4.98 Å². The van der Waals surface area contributed by atoms with E-state index in [0.717, 1.165) is 34.8 Å². The van der Waals surface area contributed by atoms with Crippen molar-refractivity contribution >= 4 is 11.6 Å². The molecule has 7 nitrogen and oxygen atoms in total. The molecule has 1 aromatic heterocycles. The third-order valence-electron chi connectivity index (χ3n) is 5.67. The highest BCUT2D eigenvalue weighted by Gasteiger charge is 2.27. The summed E-state index contributed by atoms with van der Waals surface area (Å²) in [7, 11) is 1.69. The molecular formula is C25H30N4O3. The van der Waals surface area contributed by atoms with E-state index in [1.807, 2.05) is 68.4 Å². The zero-order valence-corrected chi connectivity index (χ0v) is 19.0. The molecule has 0 amide bonds. The van der Waals surface area contributed by atoms with Crippen LogP contribution in [-0.4, -0.2) is 48.0 Å². The lowest BCUT2D eigenvalue weighted by Gasteiger charge is -2.38. The summed E-state index contributed by atoms with van der Waals surface area (Å²) in [5.41, 5.74) is 3.58. The van der Waals surface area contributed by atoms with Gasteiger partial charge < -0.3 is 9.47 Å². The van der Waals surface area contributed by atoms with Crippen molar-refractivity contribution in [3.05, 3.63) is 81.8 Å². The summed E-state index contributed by atoms with van der Waals surface area (Å²) in [5.74, 6) is 1.49. The second kappa shape index (κ2) is 9.97. The maximum Gasteiger partial charge on any atom is 0.259 e. The van der Waals surface area contributed by atoms with Crippen molar-refractivity contribution in [1.82, 2.24) is 14.5 Å². The summed E-state index contributed by atoms with van der Waals surface area (Å²) in [6.45, 7) is 6.94. The number of rotatable bonds is 8. The van der Waals surface area contributed by atoms with Crippen LogP contribution in [0.2, 0.25) is 0 Å². The molecule has 0 saturated carbocycles. The highest BCUT2D eigenvalue weighted by molar-refractivity contribution is 5.59. The van der Waals surface area contributed by atoms with Gasteiger partial charge in [-0.1, -0.05) is 30.3 Å². The van der Waals surface area contributed by atoms with Crippen molar-refractivity contribution in [2.45, 2.75) is 26.9 Å². The molecule has 0 fully saturated rings. The van der Waals surface area contributed by atoms with Gasteiger partial charge in [-0.2, -0.15) is 0 Å². The summed E-state index contributed by atoms with van der Waals surface area (Å²) in [5, 5.41) is 0. The average molecular weight is 435 g/mol. The molecule has 32 heavy (non-hydrogen) atoms. The number of anilines is 2. The molecule has 7 heteroatoms. The fourth-order valence-electron chi connectivity index (χ4n) is 3.98. The quantitative estimate of drug-likeness (QED) is 0.540. The minimum Gasteiger partial charge on any atom is -0.494 e. The highest BCUT2D eigenvalue weighted by atomic mass is 16.5. The molecule has 0 aliphatic carbocycles. The van der Waals surface area contributed by atoms with Crippen molar-refractivity contribution in [1.29, 1.82) is 0 Å². The molecule has 1 aliphatic heterocycles. The maximum atomic E-state index is 13.6. The number of aromatic nitrogens is 2. The van der Waals surface area contributed by atoms with Gasteiger partial charge in [-0.3, -0.25) is 19.2 Å². The fraction of sp³-hybridized carbons (Fsp3) is 0.360. The Hall–Kier alpha value is -3.16. The number of benzene rings is 2. The lowest BCUT2D eigenvalue weighted by Crippen LogP contribution is -2.48. The van der Waals surface area contributed by atoms with Gasteiger partial charge in [0.2, 0.25) is 5.95 Å². The highest BCUT2D eigenvalue weighted by Crippen LogP contribution is 2.29. The zero-order chi connectivity index (χ0) is 22.5. The summed E-state index contributed by atoms with van der Waals surface area (Å²) in [6.07, 6.45) is 0.569. The van der Waals surface area contributed by atoms with E-state index in [0.29, 0.717) is 38.9 Å². The Morgan fingerprint density at radius 3 is 2.47 bits per heavy atom. The van der Waals surface area contributed by atoms with Crippen molar-refractivity contribution < 1.29 is 9.47 Å². The lowest BCUT2D eigenvalue weighted by molar-refractivity contribution is 0.121. The summed E-state index contributed by atoms with van der Waals surface area (Å²) >= 11 is 0. The lowest BCUT2D eigenvalue weighted by atomic mass is 10.1. The normalized spacial score (nSPS) is 13.8. The summed E-state index contributed by atoms with van der Waals surface area (Å²) < 4.78 is 12.7. The molecular weight excluding hydrogens is 404 g/mol. The minimum atomic E-state index is 0.00871. The average Bonchev–Trinajstić information content (AvgIpc) is 2.82. The van der Waals surface area contributed by atoms with Crippen LogP contribution in [0.1, 0.15) is 23.7 Å². The molecule has 0 spiro atoms. The van der Waals surface area contributed by atoms with Gasteiger partial charge in [0.25, 0.3) is 5.56 Å². The number of aryl methyl sites for hydroxylation is 1. The van der Waals surface area contributed by atoms with Gasteiger partial charge in [0.15, 0.2) is 0 Å².